The highest BCUT2D eigenvalue weighted by Crippen LogP contribution is 2.49. The van der Waals surface area contributed by atoms with Crippen molar-refractivity contribution in [3.05, 3.63) is 58.6 Å². The highest BCUT2D eigenvalue weighted by Gasteiger charge is 2.56. The third kappa shape index (κ3) is 4.36. The number of piperidine rings is 1. The monoisotopic (exact) mass is 491 g/mol. The van der Waals surface area contributed by atoms with Crippen LogP contribution in [0.3, 0.4) is 0 Å². The van der Waals surface area contributed by atoms with Crippen molar-refractivity contribution in [1.82, 2.24) is 15.2 Å². The van der Waals surface area contributed by atoms with Gasteiger partial charge in [0.1, 0.15) is 11.9 Å². The normalized spacial score (nSPS) is 24.8. The highest BCUT2D eigenvalue weighted by molar-refractivity contribution is 7.90. The number of carbonyl (C=O) groups excluding carboxylic acids is 2. The van der Waals surface area contributed by atoms with Gasteiger partial charge in [-0.3, -0.25) is 14.6 Å². The Hall–Kier alpha value is -2.52. The van der Waals surface area contributed by atoms with Crippen molar-refractivity contribution in [2.24, 2.45) is 11.8 Å². The average Bonchev–Trinajstić information content (AvgIpc) is 3.71. The summed E-state index contributed by atoms with van der Waals surface area (Å²) >= 11 is 5.81. The summed E-state index contributed by atoms with van der Waals surface area (Å²) in [6, 6.07) is 4.79. The molecule has 2 saturated carbocycles. The molecule has 0 spiro atoms. The Labute approximate surface area is 196 Å². The largest absolute Gasteiger partial charge is 0.347 e. The molecule has 2 heterocycles. The van der Waals surface area contributed by atoms with Crippen molar-refractivity contribution in [1.29, 1.82) is 0 Å². The van der Waals surface area contributed by atoms with Crippen molar-refractivity contribution in [3.8, 4) is 0 Å². The molecule has 1 N–H and O–H groups in total. The summed E-state index contributed by atoms with van der Waals surface area (Å²) in [6.07, 6.45) is 6.81. The number of nitrogens with one attached hydrogen (secondary N) is 1. The van der Waals surface area contributed by atoms with Crippen molar-refractivity contribution < 1.29 is 22.4 Å². The Kier molecular flexibility index (Phi) is 5.44. The standard InChI is InChI=1S/C23H23ClFN3O4S/c1-33(31,32)16-6-15(10-26-11-16)23(30)28-19-8-14(19)9-20(28)22(29)27-21(12-2-3-12)13-4-5-17(24)18(25)7-13/h4-7,10-12,14,19-21H,2-3,8-9H2,1H3,(H,27,29)/t14-,19-,20-,21?/m1/s1. The first kappa shape index (κ1) is 22.3. The number of pyridine rings is 1. The maximum Gasteiger partial charge on any atom is 0.256 e. The fraction of sp³-hybridized carbons (Fsp3) is 0.435. The van der Waals surface area contributed by atoms with Gasteiger partial charge in [-0.1, -0.05) is 17.7 Å². The second-order valence-electron chi connectivity index (χ2n) is 9.21. The highest BCUT2D eigenvalue weighted by atomic mass is 35.5. The topological polar surface area (TPSA) is 96.4 Å². The van der Waals surface area contributed by atoms with Crippen molar-refractivity contribution in [2.45, 2.75) is 48.7 Å². The third-order valence-electron chi connectivity index (χ3n) is 6.72. The minimum Gasteiger partial charge on any atom is -0.347 e. The molecule has 10 heteroatoms. The molecule has 33 heavy (non-hydrogen) atoms. The Bertz CT molecular complexity index is 1250. The Morgan fingerprint density at radius 1 is 1.21 bits per heavy atom. The SMILES string of the molecule is CS(=O)(=O)c1cncc(C(=O)N2[C@@H](C(=O)NC(c3ccc(Cl)c(F)c3)C3CC3)C[C@H]3C[C@H]32)c1. The van der Waals surface area contributed by atoms with Gasteiger partial charge in [0.05, 0.1) is 21.5 Å². The van der Waals surface area contributed by atoms with E-state index in [4.69, 9.17) is 11.6 Å². The van der Waals surface area contributed by atoms with Gasteiger partial charge in [0.2, 0.25) is 5.91 Å². The van der Waals surface area contributed by atoms with Crippen molar-refractivity contribution >= 4 is 33.3 Å². The van der Waals surface area contributed by atoms with E-state index < -0.39 is 27.6 Å². The van der Waals surface area contributed by atoms with Crippen LogP contribution in [0.2, 0.25) is 5.02 Å². The number of rotatable bonds is 6. The molecule has 2 aromatic rings. The van der Waals surface area contributed by atoms with Crippen LogP contribution >= 0.6 is 11.6 Å². The third-order valence-corrected chi connectivity index (χ3v) is 8.11. The number of nitrogens with zero attached hydrogens (tertiary/aromatic N) is 2. The van der Waals surface area contributed by atoms with Crippen LogP contribution in [0.25, 0.3) is 0 Å². The van der Waals surface area contributed by atoms with Gasteiger partial charge < -0.3 is 10.2 Å². The predicted octanol–water partition coefficient (Wildman–Crippen LogP) is 3.15. The van der Waals surface area contributed by atoms with Crippen LogP contribution < -0.4 is 5.32 Å². The van der Waals surface area contributed by atoms with E-state index in [-0.39, 0.29) is 45.3 Å². The molecule has 1 unspecified atom stereocenters. The van der Waals surface area contributed by atoms with Gasteiger partial charge in [-0.2, -0.15) is 0 Å². The fourth-order valence-electron chi connectivity index (χ4n) is 4.73. The zero-order valence-electron chi connectivity index (χ0n) is 17.9. The second-order valence-corrected chi connectivity index (χ2v) is 11.6. The van der Waals surface area contributed by atoms with Crippen LogP contribution in [0.5, 0.6) is 0 Å². The van der Waals surface area contributed by atoms with Crippen LogP contribution in [0.15, 0.2) is 41.6 Å². The molecule has 0 bridgehead atoms. The molecule has 5 rings (SSSR count). The van der Waals surface area contributed by atoms with Crippen molar-refractivity contribution in [2.75, 3.05) is 6.26 Å². The van der Waals surface area contributed by atoms with Crippen molar-refractivity contribution in [3.63, 3.8) is 0 Å². The van der Waals surface area contributed by atoms with Gasteiger partial charge in [-0.15, -0.1) is 0 Å². The number of amides is 2. The molecule has 3 aliphatic rings. The molecule has 2 amide bonds. The lowest BCUT2D eigenvalue weighted by Gasteiger charge is -2.29. The Morgan fingerprint density at radius 3 is 2.64 bits per heavy atom. The maximum atomic E-state index is 14.0. The quantitative estimate of drug-likeness (QED) is 0.669. The van der Waals surface area contributed by atoms with Gasteiger partial charge in [0.25, 0.3) is 5.91 Å². The smallest absolute Gasteiger partial charge is 0.256 e. The number of hydrogen-bond acceptors (Lipinski definition) is 5. The van der Waals surface area contributed by atoms with Gasteiger partial charge in [-0.25, -0.2) is 12.8 Å². The number of fused-ring (bicyclic) bond motifs is 1. The van der Waals surface area contributed by atoms with Crippen LogP contribution in [0.4, 0.5) is 4.39 Å². The molecule has 7 nitrogen and oxygen atoms in total. The fourth-order valence-corrected chi connectivity index (χ4v) is 5.44. The number of benzene rings is 1. The summed E-state index contributed by atoms with van der Waals surface area (Å²) in [5, 5.41) is 3.07. The first-order valence-electron chi connectivity index (χ1n) is 10.9. The van der Waals surface area contributed by atoms with E-state index >= 15 is 0 Å². The molecule has 1 aliphatic heterocycles. The first-order valence-corrected chi connectivity index (χ1v) is 13.1. The molecule has 1 saturated heterocycles. The van der Waals surface area contributed by atoms with E-state index in [1.807, 2.05) is 0 Å². The lowest BCUT2D eigenvalue weighted by atomic mass is 10.0. The molecular formula is C23H23ClFN3O4S. The predicted molar refractivity (Wildman–Crippen MR) is 119 cm³/mol. The van der Waals surface area contributed by atoms with Gasteiger partial charge in [-0.05, 0) is 61.3 Å². The average molecular weight is 492 g/mol. The van der Waals surface area contributed by atoms with E-state index in [0.717, 1.165) is 25.5 Å². The molecule has 2 aliphatic carbocycles. The minimum absolute atomic E-state index is 0.0252. The zero-order chi connectivity index (χ0) is 23.5. The summed E-state index contributed by atoms with van der Waals surface area (Å²) in [5.41, 5.74) is 0.792. The molecule has 1 aromatic carbocycles. The summed E-state index contributed by atoms with van der Waals surface area (Å²) in [7, 11) is -3.52. The number of halogens is 2. The van der Waals surface area contributed by atoms with Gasteiger partial charge >= 0.3 is 0 Å². The number of hydrogen-bond donors (Lipinski definition) is 1. The number of aromatic nitrogens is 1. The van der Waals surface area contributed by atoms with E-state index in [1.165, 1.54) is 30.6 Å². The number of likely N-dealkylation sites (tertiary alicyclic amines) is 1. The molecule has 174 valence electrons. The molecule has 4 atom stereocenters. The minimum atomic E-state index is -3.52. The summed E-state index contributed by atoms with van der Waals surface area (Å²) in [4.78, 5) is 32.1. The van der Waals surface area contributed by atoms with E-state index in [9.17, 15) is 22.4 Å². The van der Waals surface area contributed by atoms with Gasteiger partial charge in [0.15, 0.2) is 9.84 Å². The molecular weight excluding hydrogens is 469 g/mol. The Morgan fingerprint density at radius 2 is 1.97 bits per heavy atom. The zero-order valence-corrected chi connectivity index (χ0v) is 19.4. The molecule has 0 radical (unpaired) electrons. The summed E-state index contributed by atoms with van der Waals surface area (Å²) in [5.74, 6) is -0.756. The molecule has 1 aromatic heterocycles. The lowest BCUT2D eigenvalue weighted by molar-refractivity contribution is -0.126. The summed E-state index contributed by atoms with van der Waals surface area (Å²) in [6.45, 7) is 0. The van der Waals surface area contributed by atoms with Crippen LogP contribution in [0.1, 0.15) is 47.6 Å². The van der Waals surface area contributed by atoms with E-state index in [1.54, 1.807) is 11.0 Å². The lowest BCUT2D eigenvalue weighted by Crippen LogP contribution is -2.49. The van der Waals surface area contributed by atoms with E-state index in [2.05, 4.69) is 10.3 Å². The van der Waals surface area contributed by atoms with Crippen LogP contribution in [0, 0.1) is 17.7 Å². The first-order chi connectivity index (χ1) is 15.6. The van der Waals surface area contributed by atoms with Gasteiger partial charge in [0, 0.05) is 24.7 Å². The Balaban J connectivity index is 1.38. The number of carbonyl (C=O) groups is 2. The number of sulfone groups is 1. The van der Waals surface area contributed by atoms with Crippen LogP contribution in [-0.4, -0.2) is 48.5 Å². The maximum absolute atomic E-state index is 14.0. The van der Waals surface area contributed by atoms with E-state index in [0.29, 0.717) is 12.0 Å². The van der Waals surface area contributed by atoms with Crippen LogP contribution in [-0.2, 0) is 14.6 Å². The second kappa shape index (κ2) is 8.06. The molecule has 3 fully saturated rings. The summed E-state index contributed by atoms with van der Waals surface area (Å²) < 4.78 is 37.8.